The molecule has 132 valence electrons. The standard InChI is InChI=1S/C19H18N4O3/c1-26-18-11-14(6-7-17(18)24)12-20-22-19(25)16-5-2-4-15(10-16)13-23-9-3-8-21-23/h2-12,24H,13H2,1H3,(H,22,25). The molecule has 7 heteroatoms. The number of ether oxygens (including phenoxy) is 1. The van der Waals surface area contributed by atoms with Gasteiger partial charge in [-0.15, -0.1) is 0 Å². The number of phenolic OH excluding ortho intramolecular Hbond substituents is 1. The Balaban J connectivity index is 1.64. The minimum absolute atomic E-state index is 0.0442. The maximum atomic E-state index is 12.3. The number of amides is 1. The number of benzene rings is 2. The van der Waals surface area contributed by atoms with Crippen LogP contribution in [0.1, 0.15) is 21.5 Å². The van der Waals surface area contributed by atoms with E-state index in [-0.39, 0.29) is 11.7 Å². The van der Waals surface area contributed by atoms with E-state index in [2.05, 4.69) is 15.6 Å². The fourth-order valence-corrected chi connectivity index (χ4v) is 2.40. The second kappa shape index (κ2) is 7.98. The molecule has 2 aromatic carbocycles. The van der Waals surface area contributed by atoms with Crippen LogP contribution in [0.4, 0.5) is 0 Å². The number of carbonyl (C=O) groups is 1. The molecule has 0 saturated heterocycles. The first-order valence-corrected chi connectivity index (χ1v) is 7.92. The minimum atomic E-state index is -0.311. The van der Waals surface area contributed by atoms with Crippen molar-refractivity contribution in [1.29, 1.82) is 0 Å². The van der Waals surface area contributed by atoms with Crippen molar-refractivity contribution in [3.8, 4) is 11.5 Å². The van der Waals surface area contributed by atoms with Gasteiger partial charge in [0.1, 0.15) is 0 Å². The largest absolute Gasteiger partial charge is 0.504 e. The maximum absolute atomic E-state index is 12.3. The van der Waals surface area contributed by atoms with Crippen molar-refractivity contribution in [2.75, 3.05) is 7.11 Å². The first kappa shape index (κ1) is 17.2. The lowest BCUT2D eigenvalue weighted by Crippen LogP contribution is -2.18. The van der Waals surface area contributed by atoms with Crippen molar-refractivity contribution in [3.05, 3.63) is 77.6 Å². The van der Waals surface area contributed by atoms with Gasteiger partial charge in [0.25, 0.3) is 5.91 Å². The van der Waals surface area contributed by atoms with Crippen molar-refractivity contribution in [1.82, 2.24) is 15.2 Å². The van der Waals surface area contributed by atoms with Crippen molar-refractivity contribution in [2.24, 2.45) is 5.10 Å². The van der Waals surface area contributed by atoms with Gasteiger partial charge in [0.15, 0.2) is 11.5 Å². The Bertz CT molecular complexity index is 920. The van der Waals surface area contributed by atoms with E-state index in [1.165, 1.54) is 19.4 Å². The highest BCUT2D eigenvalue weighted by Gasteiger charge is 2.06. The van der Waals surface area contributed by atoms with Gasteiger partial charge in [-0.1, -0.05) is 12.1 Å². The predicted molar refractivity (Wildman–Crippen MR) is 97.5 cm³/mol. The van der Waals surface area contributed by atoms with Crippen molar-refractivity contribution < 1.29 is 14.6 Å². The van der Waals surface area contributed by atoms with Crippen LogP contribution in [0.15, 0.2) is 66.0 Å². The number of phenols is 1. The van der Waals surface area contributed by atoms with Crippen LogP contribution >= 0.6 is 0 Å². The number of rotatable bonds is 6. The van der Waals surface area contributed by atoms with E-state index in [1.54, 1.807) is 35.1 Å². The van der Waals surface area contributed by atoms with Crippen LogP contribution in [0.25, 0.3) is 0 Å². The highest BCUT2D eigenvalue weighted by atomic mass is 16.5. The SMILES string of the molecule is COc1cc(C=NNC(=O)c2cccc(Cn3cccn3)c2)ccc1O. The van der Waals surface area contributed by atoms with E-state index in [1.807, 2.05) is 24.4 Å². The third-order valence-corrected chi connectivity index (χ3v) is 3.68. The Hall–Kier alpha value is -3.61. The lowest BCUT2D eigenvalue weighted by atomic mass is 10.1. The van der Waals surface area contributed by atoms with E-state index >= 15 is 0 Å². The zero-order valence-electron chi connectivity index (χ0n) is 14.2. The topological polar surface area (TPSA) is 88.7 Å². The molecule has 0 saturated carbocycles. The summed E-state index contributed by atoms with van der Waals surface area (Å²) in [6.45, 7) is 0.588. The van der Waals surface area contributed by atoms with E-state index < -0.39 is 0 Å². The molecule has 1 aromatic heterocycles. The summed E-state index contributed by atoms with van der Waals surface area (Å²) in [5.74, 6) is 0.0728. The fourth-order valence-electron chi connectivity index (χ4n) is 2.40. The van der Waals surface area contributed by atoms with Crippen LogP contribution in [-0.4, -0.2) is 34.1 Å². The van der Waals surface area contributed by atoms with E-state index in [4.69, 9.17) is 4.74 Å². The van der Waals surface area contributed by atoms with Gasteiger partial charge < -0.3 is 9.84 Å². The summed E-state index contributed by atoms with van der Waals surface area (Å²) < 4.78 is 6.82. The van der Waals surface area contributed by atoms with E-state index in [0.29, 0.717) is 23.4 Å². The zero-order chi connectivity index (χ0) is 18.4. The van der Waals surface area contributed by atoms with Crippen LogP contribution in [0.5, 0.6) is 11.5 Å². The number of aromatic nitrogens is 2. The number of hydrogen-bond donors (Lipinski definition) is 2. The molecule has 0 bridgehead atoms. The Labute approximate surface area is 150 Å². The Morgan fingerprint density at radius 2 is 2.19 bits per heavy atom. The van der Waals surface area contributed by atoms with Gasteiger partial charge >= 0.3 is 0 Å². The van der Waals surface area contributed by atoms with Crippen LogP contribution in [0.3, 0.4) is 0 Å². The minimum Gasteiger partial charge on any atom is -0.504 e. The number of hydrogen-bond acceptors (Lipinski definition) is 5. The lowest BCUT2D eigenvalue weighted by Gasteiger charge is -2.05. The summed E-state index contributed by atoms with van der Waals surface area (Å²) in [6, 6.07) is 13.9. The summed E-state index contributed by atoms with van der Waals surface area (Å²) in [7, 11) is 1.47. The number of nitrogens with zero attached hydrogens (tertiary/aromatic N) is 3. The van der Waals surface area contributed by atoms with Crippen molar-refractivity contribution >= 4 is 12.1 Å². The molecule has 2 N–H and O–H groups in total. The fraction of sp³-hybridized carbons (Fsp3) is 0.105. The molecule has 0 atom stereocenters. The molecule has 0 spiro atoms. The Morgan fingerprint density at radius 1 is 1.31 bits per heavy atom. The Kier molecular flexibility index (Phi) is 5.28. The second-order valence-electron chi connectivity index (χ2n) is 5.53. The number of carbonyl (C=O) groups excluding carboxylic acids is 1. The summed E-state index contributed by atoms with van der Waals surface area (Å²) in [5, 5.41) is 17.7. The number of aromatic hydroxyl groups is 1. The highest BCUT2D eigenvalue weighted by Crippen LogP contribution is 2.25. The highest BCUT2D eigenvalue weighted by molar-refractivity contribution is 5.95. The van der Waals surface area contributed by atoms with Crippen LogP contribution in [0, 0.1) is 0 Å². The van der Waals surface area contributed by atoms with Crippen LogP contribution in [-0.2, 0) is 6.54 Å². The molecule has 26 heavy (non-hydrogen) atoms. The summed E-state index contributed by atoms with van der Waals surface area (Å²) in [5.41, 5.74) is 4.65. The molecular weight excluding hydrogens is 332 g/mol. The molecule has 7 nitrogen and oxygen atoms in total. The summed E-state index contributed by atoms with van der Waals surface area (Å²) in [6.07, 6.45) is 5.06. The van der Waals surface area contributed by atoms with Crippen molar-refractivity contribution in [3.63, 3.8) is 0 Å². The quantitative estimate of drug-likeness (QED) is 0.528. The molecular formula is C19H18N4O3. The molecule has 1 amide bonds. The molecule has 0 unspecified atom stereocenters. The molecule has 0 aliphatic rings. The van der Waals surface area contributed by atoms with Gasteiger partial charge in [0.2, 0.25) is 0 Å². The third kappa shape index (κ3) is 4.27. The number of methoxy groups -OCH3 is 1. The van der Waals surface area contributed by atoms with Gasteiger partial charge in [-0.25, -0.2) is 5.43 Å². The monoisotopic (exact) mass is 350 g/mol. The lowest BCUT2D eigenvalue weighted by molar-refractivity contribution is 0.0955. The molecule has 0 fully saturated rings. The van der Waals surface area contributed by atoms with Gasteiger partial charge in [-0.3, -0.25) is 9.48 Å². The maximum Gasteiger partial charge on any atom is 0.271 e. The van der Waals surface area contributed by atoms with Crippen LogP contribution in [0.2, 0.25) is 0 Å². The van der Waals surface area contributed by atoms with E-state index in [0.717, 1.165) is 5.56 Å². The van der Waals surface area contributed by atoms with Crippen molar-refractivity contribution in [2.45, 2.75) is 6.54 Å². The second-order valence-corrected chi connectivity index (χ2v) is 5.53. The van der Waals surface area contributed by atoms with Gasteiger partial charge in [-0.2, -0.15) is 10.2 Å². The van der Waals surface area contributed by atoms with E-state index in [9.17, 15) is 9.90 Å². The molecule has 3 rings (SSSR count). The summed E-state index contributed by atoms with van der Waals surface area (Å²) >= 11 is 0. The molecule has 0 aliphatic carbocycles. The van der Waals surface area contributed by atoms with Gasteiger partial charge in [0, 0.05) is 18.0 Å². The average molecular weight is 350 g/mol. The zero-order valence-corrected chi connectivity index (χ0v) is 14.2. The molecule has 1 heterocycles. The average Bonchev–Trinajstić information content (AvgIpc) is 3.16. The Morgan fingerprint density at radius 3 is 2.96 bits per heavy atom. The third-order valence-electron chi connectivity index (χ3n) is 3.68. The predicted octanol–water partition coefficient (Wildman–Crippen LogP) is 2.41. The van der Waals surface area contributed by atoms with Gasteiger partial charge in [0.05, 0.1) is 19.9 Å². The molecule has 3 aromatic rings. The smallest absolute Gasteiger partial charge is 0.271 e. The number of hydrazone groups is 1. The van der Waals surface area contributed by atoms with Gasteiger partial charge in [-0.05, 0) is 47.5 Å². The first-order chi connectivity index (χ1) is 12.7. The van der Waals surface area contributed by atoms with Crippen LogP contribution < -0.4 is 10.2 Å². The molecule has 0 radical (unpaired) electrons. The number of nitrogens with one attached hydrogen (secondary N) is 1. The molecule has 0 aliphatic heterocycles. The normalized spacial score (nSPS) is 10.8. The first-order valence-electron chi connectivity index (χ1n) is 7.92. The summed E-state index contributed by atoms with van der Waals surface area (Å²) in [4.78, 5) is 12.3.